The van der Waals surface area contributed by atoms with Crippen LogP contribution >= 0.6 is 0 Å². The lowest BCUT2D eigenvalue weighted by atomic mass is 10.2. The number of carbonyl (C=O) groups is 1. The highest BCUT2D eigenvalue weighted by molar-refractivity contribution is 5.91. The zero-order valence-corrected chi connectivity index (χ0v) is 12.0. The fraction of sp³-hybridized carbons (Fsp3) is 0.333. The van der Waals surface area contributed by atoms with E-state index in [0.717, 1.165) is 28.4 Å². The molecule has 0 bridgehead atoms. The minimum Gasteiger partial charge on any atom is -0.493 e. The van der Waals surface area contributed by atoms with Gasteiger partial charge in [0.2, 0.25) is 5.91 Å². The quantitative estimate of drug-likeness (QED) is 0.880. The van der Waals surface area contributed by atoms with E-state index in [4.69, 9.17) is 4.74 Å². The first-order valence-corrected chi connectivity index (χ1v) is 6.57. The highest BCUT2D eigenvalue weighted by Crippen LogP contribution is 2.16. The second-order valence-electron chi connectivity index (χ2n) is 4.77. The molecule has 106 valence electrons. The lowest BCUT2D eigenvalue weighted by Crippen LogP contribution is -2.16. The molecule has 0 aliphatic carbocycles. The highest BCUT2D eigenvalue weighted by Gasteiger charge is 2.10. The molecule has 1 aromatic heterocycles. The predicted molar refractivity (Wildman–Crippen MR) is 78.0 cm³/mol. The summed E-state index contributed by atoms with van der Waals surface area (Å²) in [5.74, 6) is 0.707. The third-order valence-electron chi connectivity index (χ3n) is 2.98. The molecule has 2 rings (SSSR count). The number of H-pyrrole nitrogens is 1. The maximum Gasteiger partial charge on any atom is 0.227 e. The van der Waals surface area contributed by atoms with E-state index in [1.807, 2.05) is 45.0 Å². The number of carbonyl (C=O) groups excluding carboxylic acids is 1. The summed E-state index contributed by atoms with van der Waals surface area (Å²) in [4.78, 5) is 11.8. The van der Waals surface area contributed by atoms with E-state index < -0.39 is 0 Å². The van der Waals surface area contributed by atoms with E-state index in [1.165, 1.54) is 0 Å². The molecule has 0 aliphatic rings. The molecule has 0 saturated carbocycles. The van der Waals surface area contributed by atoms with Crippen LogP contribution in [0.5, 0.6) is 5.75 Å². The molecule has 2 aromatic rings. The first-order valence-electron chi connectivity index (χ1n) is 6.57. The third-order valence-corrected chi connectivity index (χ3v) is 2.98. The van der Waals surface area contributed by atoms with Gasteiger partial charge < -0.3 is 10.1 Å². The Morgan fingerprint density at radius 1 is 1.35 bits per heavy atom. The first-order chi connectivity index (χ1) is 9.56. The highest BCUT2D eigenvalue weighted by atomic mass is 16.5. The molecule has 20 heavy (non-hydrogen) atoms. The first kappa shape index (κ1) is 14.1. The van der Waals surface area contributed by atoms with Crippen LogP contribution in [0.25, 0.3) is 0 Å². The third kappa shape index (κ3) is 3.60. The van der Waals surface area contributed by atoms with Crippen molar-refractivity contribution < 1.29 is 9.53 Å². The number of hydrogen-bond acceptors (Lipinski definition) is 3. The van der Waals surface area contributed by atoms with E-state index in [-0.39, 0.29) is 5.91 Å². The van der Waals surface area contributed by atoms with E-state index in [2.05, 4.69) is 15.5 Å². The Kier molecular flexibility index (Phi) is 4.40. The van der Waals surface area contributed by atoms with Gasteiger partial charge >= 0.3 is 0 Å². The van der Waals surface area contributed by atoms with Crippen LogP contribution in [0.2, 0.25) is 0 Å². The van der Waals surface area contributed by atoms with Crippen molar-refractivity contribution in [1.29, 1.82) is 0 Å². The van der Waals surface area contributed by atoms with E-state index >= 15 is 0 Å². The standard InChI is InChI=1S/C15H19N3O2/c1-10-5-4-6-13(9-10)20-8-7-14(19)16-15-11(2)17-18-12(15)3/h4-6,9H,7-8H2,1-3H3,(H,16,19)(H,17,18). The lowest BCUT2D eigenvalue weighted by molar-refractivity contribution is -0.116. The van der Waals surface area contributed by atoms with Gasteiger partial charge in [0.25, 0.3) is 0 Å². The molecule has 5 heteroatoms. The van der Waals surface area contributed by atoms with Gasteiger partial charge in [0.1, 0.15) is 5.75 Å². The summed E-state index contributed by atoms with van der Waals surface area (Å²) in [5, 5.41) is 9.71. The summed E-state index contributed by atoms with van der Waals surface area (Å²) in [6.07, 6.45) is 0.304. The van der Waals surface area contributed by atoms with Crippen molar-refractivity contribution >= 4 is 11.6 Å². The van der Waals surface area contributed by atoms with Crippen molar-refractivity contribution in [2.24, 2.45) is 0 Å². The second kappa shape index (κ2) is 6.23. The Morgan fingerprint density at radius 3 is 2.80 bits per heavy atom. The largest absolute Gasteiger partial charge is 0.493 e. The van der Waals surface area contributed by atoms with Gasteiger partial charge in [-0.2, -0.15) is 5.10 Å². The van der Waals surface area contributed by atoms with E-state index in [1.54, 1.807) is 0 Å². The molecule has 2 N–H and O–H groups in total. The lowest BCUT2D eigenvalue weighted by Gasteiger charge is -2.08. The predicted octanol–water partition coefficient (Wildman–Crippen LogP) is 2.74. The van der Waals surface area contributed by atoms with Gasteiger partial charge in [0.05, 0.1) is 30.1 Å². The van der Waals surface area contributed by atoms with Crippen molar-refractivity contribution in [2.75, 3.05) is 11.9 Å². The second-order valence-corrected chi connectivity index (χ2v) is 4.77. The number of amides is 1. The number of nitrogens with zero attached hydrogens (tertiary/aromatic N) is 1. The number of ether oxygens (including phenoxy) is 1. The molecular weight excluding hydrogens is 254 g/mol. The Morgan fingerprint density at radius 2 is 2.15 bits per heavy atom. The van der Waals surface area contributed by atoms with Gasteiger partial charge in [0.15, 0.2) is 0 Å². The van der Waals surface area contributed by atoms with Gasteiger partial charge in [-0.05, 0) is 38.5 Å². The maximum atomic E-state index is 11.8. The van der Waals surface area contributed by atoms with Gasteiger partial charge in [-0.3, -0.25) is 9.89 Å². The normalized spacial score (nSPS) is 10.3. The van der Waals surface area contributed by atoms with Crippen molar-refractivity contribution in [1.82, 2.24) is 10.2 Å². The van der Waals surface area contributed by atoms with Gasteiger partial charge in [-0.1, -0.05) is 12.1 Å². The minimum absolute atomic E-state index is 0.0785. The van der Waals surface area contributed by atoms with Crippen LogP contribution in [0.4, 0.5) is 5.69 Å². The Labute approximate surface area is 118 Å². The summed E-state index contributed by atoms with van der Waals surface area (Å²) in [6, 6.07) is 7.77. The molecule has 0 radical (unpaired) electrons. The summed E-state index contributed by atoms with van der Waals surface area (Å²) >= 11 is 0. The van der Waals surface area contributed by atoms with Gasteiger partial charge in [-0.25, -0.2) is 0 Å². The van der Waals surface area contributed by atoms with Crippen LogP contribution < -0.4 is 10.1 Å². The Bertz CT molecular complexity index is 585. The minimum atomic E-state index is -0.0785. The van der Waals surface area contributed by atoms with Crippen LogP contribution in [-0.2, 0) is 4.79 Å². The zero-order chi connectivity index (χ0) is 14.5. The van der Waals surface area contributed by atoms with Crippen molar-refractivity contribution in [3.63, 3.8) is 0 Å². The van der Waals surface area contributed by atoms with Gasteiger partial charge in [-0.15, -0.1) is 0 Å². The van der Waals surface area contributed by atoms with Crippen LogP contribution in [0.3, 0.4) is 0 Å². The molecule has 0 spiro atoms. The number of aromatic amines is 1. The fourth-order valence-electron chi connectivity index (χ4n) is 1.90. The molecule has 0 aliphatic heterocycles. The number of anilines is 1. The van der Waals surface area contributed by atoms with Crippen molar-refractivity contribution in [3.05, 3.63) is 41.2 Å². The molecule has 0 atom stereocenters. The van der Waals surface area contributed by atoms with E-state index in [0.29, 0.717) is 13.0 Å². The Balaban J connectivity index is 1.81. The van der Waals surface area contributed by atoms with Gasteiger partial charge in [0, 0.05) is 0 Å². The number of benzene rings is 1. The number of rotatable bonds is 5. The molecule has 0 unspecified atom stereocenters. The molecule has 5 nitrogen and oxygen atoms in total. The molecule has 1 amide bonds. The molecule has 0 fully saturated rings. The molecule has 1 aromatic carbocycles. The average molecular weight is 273 g/mol. The number of aryl methyl sites for hydroxylation is 3. The molecule has 1 heterocycles. The van der Waals surface area contributed by atoms with E-state index in [9.17, 15) is 4.79 Å². The van der Waals surface area contributed by atoms with Crippen LogP contribution in [-0.4, -0.2) is 22.7 Å². The summed E-state index contributed by atoms with van der Waals surface area (Å²) in [5.41, 5.74) is 3.54. The number of aromatic nitrogens is 2. The summed E-state index contributed by atoms with van der Waals surface area (Å²) in [7, 11) is 0. The zero-order valence-electron chi connectivity index (χ0n) is 12.0. The number of nitrogens with one attached hydrogen (secondary N) is 2. The van der Waals surface area contributed by atoms with Crippen LogP contribution in [0.1, 0.15) is 23.4 Å². The SMILES string of the molecule is Cc1cccc(OCCC(=O)Nc2c(C)n[nH]c2C)c1. The fourth-order valence-corrected chi connectivity index (χ4v) is 1.90. The van der Waals surface area contributed by atoms with Crippen molar-refractivity contribution in [2.45, 2.75) is 27.2 Å². The van der Waals surface area contributed by atoms with Crippen LogP contribution in [0.15, 0.2) is 24.3 Å². The van der Waals surface area contributed by atoms with Crippen LogP contribution in [0, 0.1) is 20.8 Å². The van der Waals surface area contributed by atoms with Crippen molar-refractivity contribution in [3.8, 4) is 5.75 Å². The Hall–Kier alpha value is -2.30. The number of hydrogen-bond donors (Lipinski definition) is 2. The molecule has 0 saturated heterocycles. The maximum absolute atomic E-state index is 11.8. The smallest absolute Gasteiger partial charge is 0.227 e. The molecular formula is C15H19N3O2. The summed E-state index contributed by atoms with van der Waals surface area (Å²) in [6.45, 7) is 6.08. The average Bonchev–Trinajstić information content (AvgIpc) is 2.71. The topological polar surface area (TPSA) is 67.0 Å². The summed E-state index contributed by atoms with van der Waals surface area (Å²) < 4.78 is 5.55. The monoisotopic (exact) mass is 273 g/mol.